The van der Waals surface area contributed by atoms with Gasteiger partial charge in [0, 0.05) is 12.2 Å². The molecule has 0 unspecified atom stereocenters. The van der Waals surface area contributed by atoms with Crippen molar-refractivity contribution in [3.8, 4) is 0 Å². The molecule has 28 heavy (non-hydrogen) atoms. The van der Waals surface area contributed by atoms with Crippen molar-refractivity contribution in [2.75, 3.05) is 4.72 Å². The van der Waals surface area contributed by atoms with Crippen LogP contribution >= 0.6 is 11.6 Å². The summed E-state index contributed by atoms with van der Waals surface area (Å²) in [6, 6.07) is 17.9. The first-order valence-electron chi connectivity index (χ1n) is 8.25. The summed E-state index contributed by atoms with van der Waals surface area (Å²) in [6.07, 6.45) is 0. The number of nitrogens with one attached hydrogen (secondary N) is 2. The van der Waals surface area contributed by atoms with Crippen LogP contribution in [0.25, 0.3) is 0 Å². The van der Waals surface area contributed by atoms with E-state index < -0.39 is 15.9 Å². The molecular formula is C20H16ClFN2O3S. The quantitative estimate of drug-likeness (QED) is 0.629. The van der Waals surface area contributed by atoms with E-state index in [1.807, 2.05) is 0 Å². The second-order valence-corrected chi connectivity index (χ2v) is 8.01. The highest BCUT2D eigenvalue weighted by atomic mass is 35.5. The standard InChI is InChI=1S/C20H16ClFN2O3S/c21-19-11-10-16(24-28(26,27)17-4-2-1-3-5-17)12-18(19)20(25)23-13-14-6-8-15(22)9-7-14/h1-12,24H,13H2,(H,23,25). The van der Waals surface area contributed by atoms with Crippen molar-refractivity contribution in [1.82, 2.24) is 5.32 Å². The van der Waals surface area contributed by atoms with Gasteiger partial charge in [0.2, 0.25) is 0 Å². The summed E-state index contributed by atoms with van der Waals surface area (Å²) < 4.78 is 40.2. The van der Waals surface area contributed by atoms with E-state index in [9.17, 15) is 17.6 Å². The maximum absolute atomic E-state index is 12.9. The first-order valence-corrected chi connectivity index (χ1v) is 10.1. The van der Waals surface area contributed by atoms with E-state index in [0.29, 0.717) is 5.56 Å². The average Bonchev–Trinajstić information content (AvgIpc) is 2.69. The molecule has 0 fully saturated rings. The first-order chi connectivity index (χ1) is 13.3. The van der Waals surface area contributed by atoms with Crippen molar-refractivity contribution in [2.24, 2.45) is 0 Å². The predicted octanol–water partition coefficient (Wildman–Crippen LogP) is 4.21. The van der Waals surface area contributed by atoms with Gasteiger partial charge in [0.05, 0.1) is 15.5 Å². The van der Waals surface area contributed by atoms with Crippen molar-refractivity contribution < 1.29 is 17.6 Å². The van der Waals surface area contributed by atoms with Crippen LogP contribution in [0.1, 0.15) is 15.9 Å². The zero-order valence-electron chi connectivity index (χ0n) is 14.5. The summed E-state index contributed by atoms with van der Waals surface area (Å²) in [7, 11) is -3.79. The van der Waals surface area contributed by atoms with Gasteiger partial charge >= 0.3 is 0 Å². The monoisotopic (exact) mass is 418 g/mol. The van der Waals surface area contributed by atoms with Crippen molar-refractivity contribution in [3.63, 3.8) is 0 Å². The number of hydrogen-bond acceptors (Lipinski definition) is 3. The van der Waals surface area contributed by atoms with E-state index in [1.165, 1.54) is 42.5 Å². The Labute approximate surface area is 167 Å². The summed E-state index contributed by atoms with van der Waals surface area (Å²) >= 11 is 6.09. The molecule has 0 aliphatic rings. The number of benzene rings is 3. The molecule has 3 rings (SSSR count). The van der Waals surface area contributed by atoms with E-state index in [1.54, 1.807) is 30.3 Å². The molecule has 0 spiro atoms. The molecule has 0 saturated heterocycles. The lowest BCUT2D eigenvalue weighted by molar-refractivity contribution is 0.0951. The molecule has 3 aromatic rings. The van der Waals surface area contributed by atoms with E-state index in [0.717, 1.165) is 0 Å². The van der Waals surface area contributed by atoms with Crippen LogP contribution in [0.4, 0.5) is 10.1 Å². The minimum atomic E-state index is -3.79. The lowest BCUT2D eigenvalue weighted by Crippen LogP contribution is -2.23. The Balaban J connectivity index is 1.75. The molecule has 8 heteroatoms. The molecule has 0 bridgehead atoms. The van der Waals surface area contributed by atoms with Gasteiger partial charge in [0.15, 0.2) is 0 Å². The summed E-state index contributed by atoms with van der Waals surface area (Å²) in [5.41, 5.74) is 1.05. The number of carbonyl (C=O) groups is 1. The Kier molecular flexibility index (Phi) is 5.96. The van der Waals surface area contributed by atoms with Crippen LogP contribution in [-0.4, -0.2) is 14.3 Å². The molecule has 3 aromatic carbocycles. The van der Waals surface area contributed by atoms with Gasteiger partial charge in [0.1, 0.15) is 5.82 Å². The summed E-state index contributed by atoms with van der Waals surface area (Å²) in [5.74, 6) is -0.841. The molecule has 0 saturated carbocycles. The molecule has 0 aromatic heterocycles. The zero-order valence-corrected chi connectivity index (χ0v) is 16.1. The van der Waals surface area contributed by atoms with E-state index in [2.05, 4.69) is 10.0 Å². The van der Waals surface area contributed by atoms with Crippen LogP contribution in [0.5, 0.6) is 0 Å². The maximum Gasteiger partial charge on any atom is 0.261 e. The molecule has 0 aliphatic heterocycles. The molecule has 5 nitrogen and oxygen atoms in total. The fourth-order valence-corrected chi connectivity index (χ4v) is 3.73. The van der Waals surface area contributed by atoms with Crippen LogP contribution in [-0.2, 0) is 16.6 Å². The second kappa shape index (κ2) is 8.41. The topological polar surface area (TPSA) is 75.3 Å². The zero-order chi connectivity index (χ0) is 20.1. The fraction of sp³-hybridized carbons (Fsp3) is 0.0500. The van der Waals surface area contributed by atoms with E-state index >= 15 is 0 Å². The third kappa shape index (κ3) is 4.88. The van der Waals surface area contributed by atoms with Gasteiger partial charge in [-0.2, -0.15) is 0 Å². The summed E-state index contributed by atoms with van der Waals surface area (Å²) in [4.78, 5) is 12.6. The Morgan fingerprint density at radius 1 is 0.964 bits per heavy atom. The smallest absolute Gasteiger partial charge is 0.261 e. The number of amides is 1. The van der Waals surface area contributed by atoms with Crippen molar-refractivity contribution in [3.05, 3.63) is 94.8 Å². The second-order valence-electron chi connectivity index (χ2n) is 5.92. The highest BCUT2D eigenvalue weighted by Crippen LogP contribution is 2.23. The Morgan fingerprint density at radius 2 is 1.64 bits per heavy atom. The molecule has 1 amide bonds. The van der Waals surface area contributed by atoms with Gasteiger partial charge < -0.3 is 5.32 Å². The van der Waals surface area contributed by atoms with E-state index in [4.69, 9.17) is 11.6 Å². The molecule has 144 valence electrons. The summed E-state index contributed by atoms with van der Waals surface area (Å²) in [5, 5.41) is 2.85. The minimum Gasteiger partial charge on any atom is -0.348 e. The number of anilines is 1. The van der Waals surface area contributed by atoms with Crippen molar-refractivity contribution in [2.45, 2.75) is 11.4 Å². The predicted molar refractivity (Wildman–Crippen MR) is 106 cm³/mol. The van der Waals surface area contributed by atoms with Gasteiger partial charge in [-0.15, -0.1) is 0 Å². The van der Waals surface area contributed by atoms with Gasteiger partial charge in [-0.05, 0) is 48.0 Å². The normalized spacial score (nSPS) is 11.1. The van der Waals surface area contributed by atoms with Crippen LogP contribution < -0.4 is 10.0 Å². The third-order valence-corrected chi connectivity index (χ3v) is 5.61. The number of halogens is 2. The van der Waals surface area contributed by atoms with E-state index in [-0.39, 0.29) is 33.5 Å². The third-order valence-electron chi connectivity index (χ3n) is 3.88. The Bertz CT molecular complexity index is 1090. The van der Waals surface area contributed by atoms with Crippen LogP contribution in [0.3, 0.4) is 0 Å². The number of hydrogen-bond donors (Lipinski definition) is 2. The lowest BCUT2D eigenvalue weighted by Gasteiger charge is -2.11. The molecule has 2 N–H and O–H groups in total. The van der Waals surface area contributed by atoms with Crippen molar-refractivity contribution >= 4 is 33.2 Å². The highest BCUT2D eigenvalue weighted by molar-refractivity contribution is 7.92. The van der Waals surface area contributed by atoms with Gasteiger partial charge in [-0.3, -0.25) is 9.52 Å². The van der Waals surface area contributed by atoms with Gasteiger partial charge in [-0.25, -0.2) is 12.8 Å². The molecule has 0 aliphatic carbocycles. The molecule has 0 atom stereocenters. The maximum atomic E-state index is 12.9. The van der Waals surface area contributed by atoms with Crippen LogP contribution in [0.15, 0.2) is 77.7 Å². The Morgan fingerprint density at radius 3 is 2.32 bits per heavy atom. The largest absolute Gasteiger partial charge is 0.348 e. The number of sulfonamides is 1. The fourth-order valence-electron chi connectivity index (χ4n) is 2.46. The van der Waals surface area contributed by atoms with Crippen LogP contribution in [0, 0.1) is 5.82 Å². The Hall–Kier alpha value is -2.90. The highest BCUT2D eigenvalue weighted by Gasteiger charge is 2.16. The lowest BCUT2D eigenvalue weighted by atomic mass is 10.1. The van der Waals surface area contributed by atoms with Crippen molar-refractivity contribution in [1.29, 1.82) is 0 Å². The number of rotatable bonds is 6. The molecule has 0 radical (unpaired) electrons. The molecular weight excluding hydrogens is 403 g/mol. The van der Waals surface area contributed by atoms with Gasteiger partial charge in [0.25, 0.3) is 15.9 Å². The molecule has 0 heterocycles. The van der Waals surface area contributed by atoms with Crippen LogP contribution in [0.2, 0.25) is 5.02 Å². The number of carbonyl (C=O) groups excluding carboxylic acids is 1. The first kappa shape index (κ1) is 19.9. The summed E-state index contributed by atoms with van der Waals surface area (Å²) in [6.45, 7) is 0.176. The van der Waals surface area contributed by atoms with Gasteiger partial charge in [-0.1, -0.05) is 41.9 Å². The SMILES string of the molecule is O=C(NCc1ccc(F)cc1)c1cc(NS(=O)(=O)c2ccccc2)ccc1Cl. The minimum absolute atomic E-state index is 0.104. The average molecular weight is 419 g/mol.